The number of hydrogen-bond donors (Lipinski definition) is 0. The molecule has 0 bridgehead atoms. The van der Waals surface area contributed by atoms with Gasteiger partial charge < -0.3 is 18.3 Å². The fourth-order valence-electron chi connectivity index (χ4n) is 1.17. The number of nitrogens with zero attached hydrogens (tertiary/aromatic N) is 1. The molecule has 1 atom stereocenters. The highest BCUT2D eigenvalue weighted by molar-refractivity contribution is 8.12. The van der Waals surface area contributed by atoms with Crippen LogP contribution in [-0.4, -0.2) is 67.2 Å². The Morgan fingerprint density at radius 3 is 2.23 bits per heavy atom. The summed E-state index contributed by atoms with van der Waals surface area (Å²) in [4.78, 5) is 0. The van der Waals surface area contributed by atoms with E-state index in [2.05, 4.69) is 0 Å². The molecule has 0 radical (unpaired) electrons. The lowest BCUT2D eigenvalue weighted by molar-refractivity contribution is -0.0425. The molecule has 1 rings (SSSR count). The maximum Gasteiger partial charge on any atom is 0.480 e. The summed E-state index contributed by atoms with van der Waals surface area (Å²) in [7, 11) is -10.8. The zero-order valence-electron chi connectivity index (χ0n) is 11.3. The van der Waals surface area contributed by atoms with Crippen LogP contribution in [0.5, 0.6) is 0 Å². The van der Waals surface area contributed by atoms with Crippen LogP contribution in [0.15, 0.2) is 0 Å². The van der Waals surface area contributed by atoms with Crippen LogP contribution < -0.4 is 0 Å². The van der Waals surface area contributed by atoms with Crippen molar-refractivity contribution < 1.29 is 44.2 Å². The van der Waals surface area contributed by atoms with E-state index in [4.69, 9.17) is 14.2 Å². The number of epoxide rings is 1. The van der Waals surface area contributed by atoms with E-state index in [9.17, 15) is 30.0 Å². The van der Waals surface area contributed by atoms with Crippen LogP contribution in [-0.2, 0) is 34.3 Å². The van der Waals surface area contributed by atoms with Crippen LogP contribution in [0.2, 0.25) is 0 Å². The molecule has 0 N–H and O–H groups in total. The molecule has 1 aliphatic heterocycles. The predicted molar refractivity (Wildman–Crippen MR) is 68.1 cm³/mol. The molecule has 0 spiro atoms. The molecule has 22 heavy (non-hydrogen) atoms. The summed E-state index contributed by atoms with van der Waals surface area (Å²) >= 11 is 0. The normalized spacial score (nSPS) is 19.3. The van der Waals surface area contributed by atoms with Crippen molar-refractivity contribution in [1.29, 1.82) is 0 Å². The van der Waals surface area contributed by atoms with Crippen molar-refractivity contribution in [2.75, 3.05) is 38.8 Å². The first-order chi connectivity index (χ1) is 10.0. The van der Waals surface area contributed by atoms with Gasteiger partial charge in [-0.2, -0.15) is 13.2 Å². The van der Waals surface area contributed by atoms with Crippen molar-refractivity contribution in [1.82, 2.24) is 0 Å². The van der Waals surface area contributed by atoms with E-state index < -0.39 is 31.3 Å². The molecular weight excluding hydrogens is 355 g/mol. The van der Waals surface area contributed by atoms with E-state index in [1.54, 1.807) is 0 Å². The van der Waals surface area contributed by atoms with Crippen molar-refractivity contribution in [2.45, 2.75) is 18.0 Å². The second-order valence-electron chi connectivity index (χ2n) is 4.28. The molecule has 132 valence electrons. The molecule has 13 heteroatoms. The molecule has 1 fully saturated rings. The van der Waals surface area contributed by atoms with E-state index in [1.165, 1.54) is 0 Å². The number of ether oxygens (including phenoxy) is 3. The zero-order chi connectivity index (χ0) is 16.9. The van der Waals surface area contributed by atoms with Crippen LogP contribution in [0.25, 0.3) is 4.13 Å². The summed E-state index contributed by atoms with van der Waals surface area (Å²) in [6.45, 7) is 1.45. The average Bonchev–Trinajstić information content (AvgIpc) is 3.13. The molecule has 0 saturated carbocycles. The van der Waals surface area contributed by atoms with Crippen molar-refractivity contribution in [2.24, 2.45) is 0 Å². The number of sulfonamides is 2. The average molecular weight is 370 g/mol. The van der Waals surface area contributed by atoms with Gasteiger partial charge in [0.1, 0.15) is 6.10 Å². The molecule has 0 amide bonds. The Hall–Kier alpha value is -0.470. The van der Waals surface area contributed by atoms with Gasteiger partial charge in [-0.3, -0.25) is 0 Å². The highest BCUT2D eigenvalue weighted by Gasteiger charge is 2.40. The van der Waals surface area contributed by atoms with E-state index in [-0.39, 0.29) is 32.3 Å². The summed E-state index contributed by atoms with van der Waals surface area (Å²) < 4.78 is 96.4. The van der Waals surface area contributed by atoms with Gasteiger partial charge >= 0.3 is 5.51 Å². The summed E-state index contributed by atoms with van der Waals surface area (Å²) in [6.07, 6.45) is -0.0763. The van der Waals surface area contributed by atoms with Gasteiger partial charge in [-0.1, -0.05) is 0 Å². The highest BCUT2D eigenvalue weighted by Crippen LogP contribution is 2.30. The van der Waals surface area contributed by atoms with Crippen molar-refractivity contribution in [3.63, 3.8) is 0 Å². The molecule has 1 saturated heterocycles. The minimum atomic E-state index is -6.05. The Kier molecular flexibility index (Phi) is 7.01. The first kappa shape index (κ1) is 19.6. The first-order valence-electron chi connectivity index (χ1n) is 6.09. The Balaban J connectivity index is 2.14. The molecule has 0 aromatic carbocycles. The SMILES string of the molecule is O=S(=O)(CCCOCCOCC1CO1)[N-]S(=O)(=O)C(F)(F)F. The number of hydrogen-bond acceptors (Lipinski definition) is 7. The van der Waals surface area contributed by atoms with E-state index in [0.29, 0.717) is 13.2 Å². The molecule has 0 aromatic heterocycles. The van der Waals surface area contributed by atoms with E-state index in [0.717, 1.165) is 0 Å². The summed E-state index contributed by atoms with van der Waals surface area (Å²) in [6, 6.07) is 0. The van der Waals surface area contributed by atoms with Crippen molar-refractivity contribution in [3.8, 4) is 0 Å². The maximum absolute atomic E-state index is 12.0. The molecule has 8 nitrogen and oxygen atoms in total. The predicted octanol–water partition coefficient (Wildman–Crippen LogP) is 0.362. The fraction of sp³-hybridized carbons (Fsp3) is 1.00. The molecule has 0 aliphatic carbocycles. The maximum atomic E-state index is 12.0. The topological polar surface area (TPSA) is 113 Å². The number of alkyl halides is 3. The summed E-state index contributed by atoms with van der Waals surface area (Å²) in [5.41, 5.74) is -5.74. The monoisotopic (exact) mass is 370 g/mol. The van der Waals surface area contributed by atoms with Crippen molar-refractivity contribution >= 4 is 20.0 Å². The summed E-state index contributed by atoms with van der Waals surface area (Å²) in [5.74, 6) is -0.862. The molecule has 1 aliphatic rings. The van der Waals surface area contributed by atoms with Crippen LogP contribution in [0.1, 0.15) is 6.42 Å². The lowest BCUT2D eigenvalue weighted by Gasteiger charge is -2.21. The zero-order valence-corrected chi connectivity index (χ0v) is 12.9. The van der Waals surface area contributed by atoms with Gasteiger partial charge in [0.15, 0.2) is 10.0 Å². The van der Waals surface area contributed by atoms with E-state index in [1.807, 2.05) is 4.13 Å². The van der Waals surface area contributed by atoms with Gasteiger partial charge in [0.2, 0.25) is 0 Å². The van der Waals surface area contributed by atoms with Gasteiger partial charge in [-0.05, 0) is 6.42 Å². The number of rotatable bonds is 11. The minimum Gasteiger partial charge on any atom is -0.428 e. The van der Waals surface area contributed by atoms with Crippen LogP contribution in [0.3, 0.4) is 0 Å². The van der Waals surface area contributed by atoms with Gasteiger partial charge in [0.05, 0.1) is 36.5 Å². The van der Waals surface area contributed by atoms with E-state index >= 15 is 0 Å². The number of halogens is 3. The van der Waals surface area contributed by atoms with Crippen LogP contribution >= 0.6 is 0 Å². The van der Waals surface area contributed by atoms with Gasteiger partial charge in [-0.25, -0.2) is 16.8 Å². The van der Waals surface area contributed by atoms with Gasteiger partial charge in [0.25, 0.3) is 0 Å². The third kappa shape index (κ3) is 7.69. The smallest absolute Gasteiger partial charge is 0.428 e. The van der Waals surface area contributed by atoms with Gasteiger partial charge in [-0.15, -0.1) is 0 Å². The Bertz CT molecular complexity index is 542. The van der Waals surface area contributed by atoms with Gasteiger partial charge in [0, 0.05) is 12.4 Å². The molecule has 1 heterocycles. The highest BCUT2D eigenvalue weighted by atomic mass is 32.3. The third-order valence-electron chi connectivity index (χ3n) is 2.27. The second-order valence-corrected chi connectivity index (χ2v) is 7.86. The Morgan fingerprint density at radius 2 is 1.68 bits per heavy atom. The molecule has 0 aromatic rings. The van der Waals surface area contributed by atoms with Crippen LogP contribution in [0, 0.1) is 0 Å². The first-order valence-corrected chi connectivity index (χ1v) is 9.14. The molecule has 1 unspecified atom stereocenters. The van der Waals surface area contributed by atoms with Crippen molar-refractivity contribution in [3.05, 3.63) is 4.13 Å². The standard InChI is InChI=1S/C9H15F3NO7S2/c10-9(11,12)22(16,17)13-21(14,15)5-1-2-18-3-4-19-6-8-7-20-8/h8H,1-7H2/q-1. The second kappa shape index (κ2) is 7.88. The lowest BCUT2D eigenvalue weighted by Crippen LogP contribution is -2.25. The lowest BCUT2D eigenvalue weighted by atomic mass is 10.5. The minimum absolute atomic E-state index is 0.0793. The summed E-state index contributed by atoms with van der Waals surface area (Å²) in [5, 5.41) is 0. The Morgan fingerprint density at radius 1 is 1.09 bits per heavy atom. The fourth-order valence-corrected chi connectivity index (χ4v) is 3.49. The third-order valence-corrected chi connectivity index (χ3v) is 5.36. The van der Waals surface area contributed by atoms with Crippen LogP contribution in [0.4, 0.5) is 13.2 Å². The largest absolute Gasteiger partial charge is 0.480 e. The quantitative estimate of drug-likeness (QED) is 0.381. The molecular formula is C9H15F3NO7S2-. The Labute approximate surface area is 126 Å².